The van der Waals surface area contributed by atoms with Gasteiger partial charge < -0.3 is 15.4 Å². The van der Waals surface area contributed by atoms with Crippen LogP contribution in [-0.2, 0) is 12.8 Å². The topological polar surface area (TPSA) is 50.4 Å². The summed E-state index contributed by atoms with van der Waals surface area (Å²) in [6.07, 6.45) is 4.87. The molecule has 2 aromatic rings. The molecular weight excluding hydrogens is 300 g/mol. The first kappa shape index (κ1) is 16.4. The predicted molar refractivity (Wildman–Crippen MR) is 96.8 cm³/mol. The van der Waals surface area contributed by atoms with Crippen LogP contribution in [-0.4, -0.2) is 19.2 Å². The Kier molecular flexibility index (Phi) is 5.36. The fourth-order valence-corrected chi connectivity index (χ4v) is 3.03. The molecule has 0 heterocycles. The number of carbonyl (C=O) groups is 1. The van der Waals surface area contributed by atoms with Crippen molar-refractivity contribution in [3.8, 4) is 5.75 Å². The minimum atomic E-state index is -0.213. The Morgan fingerprint density at radius 2 is 1.92 bits per heavy atom. The number of amides is 2. The van der Waals surface area contributed by atoms with E-state index in [0.29, 0.717) is 13.2 Å². The Hall–Kier alpha value is -2.49. The van der Waals surface area contributed by atoms with Crippen molar-refractivity contribution >= 4 is 11.7 Å². The van der Waals surface area contributed by atoms with Crippen molar-refractivity contribution in [3.05, 3.63) is 59.2 Å². The summed E-state index contributed by atoms with van der Waals surface area (Å²) in [5.74, 6) is 0.886. The Balaban J connectivity index is 1.41. The second-order valence-corrected chi connectivity index (χ2v) is 6.24. The van der Waals surface area contributed by atoms with Crippen molar-refractivity contribution in [2.45, 2.75) is 32.6 Å². The monoisotopic (exact) mass is 324 g/mol. The van der Waals surface area contributed by atoms with E-state index >= 15 is 0 Å². The summed E-state index contributed by atoms with van der Waals surface area (Å²) in [6, 6.07) is 13.8. The van der Waals surface area contributed by atoms with E-state index in [1.165, 1.54) is 30.4 Å². The van der Waals surface area contributed by atoms with Gasteiger partial charge in [-0.25, -0.2) is 4.79 Å². The van der Waals surface area contributed by atoms with Gasteiger partial charge in [0.1, 0.15) is 12.4 Å². The van der Waals surface area contributed by atoms with Gasteiger partial charge in [0.05, 0.1) is 6.54 Å². The van der Waals surface area contributed by atoms with Crippen LogP contribution < -0.4 is 15.4 Å². The zero-order valence-electron chi connectivity index (χ0n) is 14.1. The zero-order chi connectivity index (χ0) is 16.8. The highest BCUT2D eigenvalue weighted by Gasteiger charge is 2.09. The van der Waals surface area contributed by atoms with Gasteiger partial charge in [-0.1, -0.05) is 18.2 Å². The highest BCUT2D eigenvalue weighted by molar-refractivity contribution is 5.89. The van der Waals surface area contributed by atoms with Gasteiger partial charge in [0.25, 0.3) is 0 Å². The van der Waals surface area contributed by atoms with Gasteiger partial charge >= 0.3 is 6.03 Å². The van der Waals surface area contributed by atoms with Crippen LogP contribution in [0.2, 0.25) is 0 Å². The first-order chi connectivity index (χ1) is 11.7. The number of anilines is 1. The molecule has 0 radical (unpaired) electrons. The van der Waals surface area contributed by atoms with Crippen LogP contribution in [0.1, 0.15) is 29.5 Å². The molecule has 0 saturated heterocycles. The normalized spacial score (nSPS) is 13.0. The maximum Gasteiger partial charge on any atom is 0.319 e. The molecule has 0 bridgehead atoms. The minimum Gasteiger partial charge on any atom is -0.492 e. The molecule has 3 rings (SSSR count). The van der Waals surface area contributed by atoms with Gasteiger partial charge in [-0.3, -0.25) is 0 Å². The second-order valence-electron chi connectivity index (χ2n) is 6.24. The Morgan fingerprint density at radius 1 is 1.08 bits per heavy atom. The number of fused-ring (bicyclic) bond motifs is 1. The number of nitrogens with one attached hydrogen (secondary N) is 2. The van der Waals surface area contributed by atoms with Gasteiger partial charge in [0.2, 0.25) is 0 Å². The molecule has 0 unspecified atom stereocenters. The van der Waals surface area contributed by atoms with Crippen LogP contribution in [0, 0.1) is 6.92 Å². The summed E-state index contributed by atoms with van der Waals surface area (Å²) in [6.45, 7) is 2.92. The van der Waals surface area contributed by atoms with E-state index in [-0.39, 0.29) is 6.03 Å². The van der Waals surface area contributed by atoms with Crippen LogP contribution in [0.4, 0.5) is 10.5 Å². The molecular formula is C20H24N2O2. The number of aryl methyl sites for hydroxylation is 3. The number of benzene rings is 2. The zero-order valence-corrected chi connectivity index (χ0v) is 14.1. The lowest BCUT2D eigenvalue weighted by Gasteiger charge is -2.17. The molecule has 1 aliphatic rings. The predicted octanol–water partition coefficient (Wildman–Crippen LogP) is 4.07. The molecule has 0 spiro atoms. The van der Waals surface area contributed by atoms with Crippen molar-refractivity contribution in [2.24, 2.45) is 0 Å². The van der Waals surface area contributed by atoms with Gasteiger partial charge in [-0.15, -0.1) is 0 Å². The maximum atomic E-state index is 11.8. The third-order valence-corrected chi connectivity index (χ3v) is 4.25. The standard InChI is InChI=1S/C20H24N2O2/c1-15-5-4-8-18(13-15)22-20(23)21-11-12-24-19-10-9-16-6-2-3-7-17(16)14-19/h4-5,8-10,13-14H,2-3,6-7,11-12H2,1H3,(H2,21,22,23). The molecule has 0 aliphatic heterocycles. The summed E-state index contributed by atoms with van der Waals surface area (Å²) in [5.41, 5.74) is 4.76. The molecule has 4 nitrogen and oxygen atoms in total. The average molecular weight is 324 g/mol. The highest BCUT2D eigenvalue weighted by Crippen LogP contribution is 2.25. The smallest absolute Gasteiger partial charge is 0.319 e. The van der Waals surface area contributed by atoms with E-state index < -0.39 is 0 Å². The third kappa shape index (κ3) is 4.51. The van der Waals surface area contributed by atoms with Crippen LogP contribution in [0.25, 0.3) is 0 Å². The lowest BCUT2D eigenvalue weighted by atomic mass is 9.92. The number of ether oxygens (including phenoxy) is 1. The maximum absolute atomic E-state index is 11.8. The molecule has 24 heavy (non-hydrogen) atoms. The molecule has 2 amide bonds. The number of hydrogen-bond acceptors (Lipinski definition) is 2. The first-order valence-electron chi connectivity index (χ1n) is 8.57. The molecule has 2 aromatic carbocycles. The minimum absolute atomic E-state index is 0.213. The molecule has 126 valence electrons. The van der Waals surface area contributed by atoms with Crippen LogP contribution >= 0.6 is 0 Å². The SMILES string of the molecule is Cc1cccc(NC(=O)NCCOc2ccc3c(c2)CCCC3)c1. The van der Waals surface area contributed by atoms with Gasteiger partial charge in [0, 0.05) is 5.69 Å². The van der Waals surface area contributed by atoms with E-state index in [0.717, 1.165) is 23.4 Å². The Labute approximate surface area is 143 Å². The average Bonchev–Trinajstić information content (AvgIpc) is 2.58. The second kappa shape index (κ2) is 7.86. The summed E-state index contributed by atoms with van der Waals surface area (Å²) >= 11 is 0. The molecule has 2 N–H and O–H groups in total. The van der Waals surface area contributed by atoms with E-state index in [1.807, 2.05) is 37.3 Å². The highest BCUT2D eigenvalue weighted by atomic mass is 16.5. The molecule has 0 atom stereocenters. The molecule has 0 saturated carbocycles. The quantitative estimate of drug-likeness (QED) is 0.814. The van der Waals surface area contributed by atoms with Crippen LogP contribution in [0.15, 0.2) is 42.5 Å². The Bertz CT molecular complexity index is 713. The lowest BCUT2D eigenvalue weighted by Crippen LogP contribution is -2.32. The first-order valence-corrected chi connectivity index (χ1v) is 8.57. The third-order valence-electron chi connectivity index (χ3n) is 4.25. The summed E-state index contributed by atoms with van der Waals surface area (Å²) in [5, 5.41) is 5.62. The molecule has 0 fully saturated rings. The van der Waals surface area contributed by atoms with Crippen LogP contribution in [0.5, 0.6) is 5.75 Å². The fourth-order valence-electron chi connectivity index (χ4n) is 3.03. The van der Waals surface area contributed by atoms with Crippen molar-refractivity contribution in [1.29, 1.82) is 0 Å². The fraction of sp³-hybridized carbons (Fsp3) is 0.350. The summed E-state index contributed by atoms with van der Waals surface area (Å²) in [4.78, 5) is 11.8. The van der Waals surface area contributed by atoms with Crippen molar-refractivity contribution in [3.63, 3.8) is 0 Å². The van der Waals surface area contributed by atoms with Gasteiger partial charge in [-0.05, 0) is 73.6 Å². The summed E-state index contributed by atoms with van der Waals surface area (Å²) < 4.78 is 5.75. The molecule has 4 heteroatoms. The number of carbonyl (C=O) groups excluding carboxylic acids is 1. The van der Waals surface area contributed by atoms with E-state index in [9.17, 15) is 4.79 Å². The van der Waals surface area contributed by atoms with E-state index in [2.05, 4.69) is 22.8 Å². The molecule has 1 aliphatic carbocycles. The van der Waals surface area contributed by atoms with E-state index in [4.69, 9.17) is 4.74 Å². The molecule has 0 aromatic heterocycles. The summed E-state index contributed by atoms with van der Waals surface area (Å²) in [7, 11) is 0. The van der Waals surface area contributed by atoms with Crippen molar-refractivity contribution < 1.29 is 9.53 Å². The van der Waals surface area contributed by atoms with Gasteiger partial charge in [0.15, 0.2) is 0 Å². The Morgan fingerprint density at radius 3 is 2.75 bits per heavy atom. The number of hydrogen-bond donors (Lipinski definition) is 2. The van der Waals surface area contributed by atoms with Crippen molar-refractivity contribution in [2.75, 3.05) is 18.5 Å². The largest absolute Gasteiger partial charge is 0.492 e. The van der Waals surface area contributed by atoms with Gasteiger partial charge in [-0.2, -0.15) is 0 Å². The number of urea groups is 1. The van der Waals surface area contributed by atoms with E-state index in [1.54, 1.807) is 0 Å². The number of rotatable bonds is 5. The van der Waals surface area contributed by atoms with Crippen molar-refractivity contribution in [1.82, 2.24) is 5.32 Å². The van der Waals surface area contributed by atoms with Crippen LogP contribution in [0.3, 0.4) is 0 Å². The lowest BCUT2D eigenvalue weighted by molar-refractivity contribution is 0.247.